The van der Waals surface area contributed by atoms with E-state index >= 15 is 0 Å². The van der Waals surface area contributed by atoms with Gasteiger partial charge in [0.2, 0.25) is 0 Å². The van der Waals surface area contributed by atoms with Crippen LogP contribution in [0.3, 0.4) is 0 Å². The quantitative estimate of drug-likeness (QED) is 0.918. The summed E-state index contributed by atoms with van der Waals surface area (Å²) in [5.74, 6) is 0. The molecule has 1 saturated heterocycles. The Labute approximate surface area is 123 Å². The van der Waals surface area contributed by atoms with E-state index in [2.05, 4.69) is 62.7 Å². The summed E-state index contributed by atoms with van der Waals surface area (Å²) in [5.41, 5.74) is 3.49. The Morgan fingerprint density at radius 1 is 1.10 bits per heavy atom. The third-order valence-corrected chi connectivity index (χ3v) is 4.50. The van der Waals surface area contributed by atoms with Gasteiger partial charge in [0.25, 0.3) is 0 Å². The van der Waals surface area contributed by atoms with Crippen LogP contribution in [0.2, 0.25) is 0 Å². The van der Waals surface area contributed by atoms with E-state index in [1.165, 1.54) is 11.1 Å². The highest BCUT2D eigenvalue weighted by Crippen LogP contribution is 2.21. The van der Waals surface area contributed by atoms with Gasteiger partial charge in [0.15, 0.2) is 0 Å². The van der Waals surface area contributed by atoms with E-state index in [1.807, 2.05) is 0 Å². The number of hydrogen-bond acceptors (Lipinski definition) is 3. The predicted octanol–water partition coefficient (Wildman–Crippen LogP) is 2.36. The molecule has 3 nitrogen and oxygen atoms in total. The highest BCUT2D eigenvalue weighted by Gasteiger charge is 2.27. The van der Waals surface area contributed by atoms with Gasteiger partial charge in [-0.15, -0.1) is 0 Å². The van der Waals surface area contributed by atoms with Crippen molar-refractivity contribution in [2.45, 2.75) is 45.9 Å². The average Bonchev–Trinajstić information content (AvgIpc) is 2.34. The van der Waals surface area contributed by atoms with E-state index in [0.29, 0.717) is 12.1 Å². The second-order valence-electron chi connectivity index (χ2n) is 6.52. The van der Waals surface area contributed by atoms with Gasteiger partial charge in [0.1, 0.15) is 0 Å². The highest BCUT2D eigenvalue weighted by atomic mass is 16.3. The Morgan fingerprint density at radius 3 is 2.10 bits per heavy atom. The molecule has 0 amide bonds. The van der Waals surface area contributed by atoms with E-state index in [1.54, 1.807) is 0 Å². The lowest BCUT2D eigenvalue weighted by Crippen LogP contribution is -2.55. The predicted molar refractivity (Wildman–Crippen MR) is 84.0 cm³/mol. The number of benzene rings is 1. The first kappa shape index (κ1) is 15.5. The van der Waals surface area contributed by atoms with Gasteiger partial charge in [0, 0.05) is 31.7 Å². The number of rotatable bonds is 3. The molecule has 0 bridgehead atoms. The number of hydrogen-bond donors (Lipinski definition) is 1. The lowest BCUT2D eigenvalue weighted by molar-refractivity contribution is 0.0281. The summed E-state index contributed by atoms with van der Waals surface area (Å²) in [7, 11) is 2.19. The van der Waals surface area contributed by atoms with Gasteiger partial charge >= 0.3 is 0 Å². The van der Waals surface area contributed by atoms with Crippen LogP contribution in [0.15, 0.2) is 18.2 Å². The van der Waals surface area contributed by atoms with Crippen LogP contribution in [-0.2, 0) is 0 Å². The summed E-state index contributed by atoms with van der Waals surface area (Å²) >= 11 is 0. The molecule has 1 fully saturated rings. The van der Waals surface area contributed by atoms with E-state index < -0.39 is 6.10 Å². The smallest absolute Gasteiger partial charge is 0.0917 e. The second-order valence-corrected chi connectivity index (χ2v) is 6.52. The zero-order valence-corrected chi connectivity index (χ0v) is 13.4. The summed E-state index contributed by atoms with van der Waals surface area (Å²) in [4.78, 5) is 4.80. The van der Waals surface area contributed by atoms with Crippen LogP contribution in [-0.4, -0.2) is 53.7 Å². The highest BCUT2D eigenvalue weighted by molar-refractivity contribution is 5.30. The molecule has 1 heterocycles. The first-order valence-corrected chi connectivity index (χ1v) is 7.57. The summed E-state index contributed by atoms with van der Waals surface area (Å²) in [6.07, 6.45) is -0.392. The van der Waals surface area contributed by atoms with E-state index in [0.717, 1.165) is 25.2 Å². The third kappa shape index (κ3) is 3.60. The fourth-order valence-corrected chi connectivity index (χ4v) is 3.22. The number of aryl methyl sites for hydroxylation is 2. The third-order valence-electron chi connectivity index (χ3n) is 4.50. The summed E-state index contributed by atoms with van der Waals surface area (Å²) in [5, 5.41) is 10.5. The minimum Gasteiger partial charge on any atom is -0.387 e. The molecule has 0 spiro atoms. The van der Waals surface area contributed by atoms with Crippen molar-refractivity contribution < 1.29 is 5.11 Å². The minimum atomic E-state index is -0.392. The normalized spacial score (nSPS) is 26.7. The van der Waals surface area contributed by atoms with Gasteiger partial charge in [-0.2, -0.15) is 0 Å². The van der Waals surface area contributed by atoms with Crippen LogP contribution < -0.4 is 0 Å². The van der Waals surface area contributed by atoms with Gasteiger partial charge in [-0.1, -0.05) is 29.3 Å². The lowest BCUT2D eigenvalue weighted by Gasteiger charge is -2.43. The maximum atomic E-state index is 10.5. The Bertz CT molecular complexity index is 428. The summed E-state index contributed by atoms with van der Waals surface area (Å²) < 4.78 is 0. The van der Waals surface area contributed by atoms with E-state index in [4.69, 9.17) is 0 Å². The number of aliphatic hydroxyl groups is 1. The lowest BCUT2D eigenvalue weighted by atomic mass is 10.0. The van der Waals surface area contributed by atoms with Crippen molar-refractivity contribution in [1.29, 1.82) is 0 Å². The second kappa shape index (κ2) is 6.25. The van der Waals surface area contributed by atoms with Crippen LogP contribution in [0, 0.1) is 13.8 Å². The molecule has 0 aliphatic carbocycles. The van der Waals surface area contributed by atoms with Crippen LogP contribution in [0.4, 0.5) is 0 Å². The largest absolute Gasteiger partial charge is 0.387 e. The summed E-state index contributed by atoms with van der Waals surface area (Å²) in [6.45, 7) is 11.5. The fraction of sp³-hybridized carbons (Fsp3) is 0.647. The zero-order valence-electron chi connectivity index (χ0n) is 13.4. The number of nitrogens with zero attached hydrogens (tertiary/aromatic N) is 2. The molecule has 0 saturated carbocycles. The Hall–Kier alpha value is -0.900. The average molecular weight is 276 g/mol. The summed E-state index contributed by atoms with van der Waals surface area (Å²) in [6, 6.07) is 7.44. The maximum absolute atomic E-state index is 10.5. The van der Waals surface area contributed by atoms with Crippen molar-refractivity contribution in [1.82, 2.24) is 9.80 Å². The van der Waals surface area contributed by atoms with Crippen molar-refractivity contribution in [2.75, 3.05) is 26.7 Å². The zero-order chi connectivity index (χ0) is 14.9. The number of β-amino-alcohol motifs (C(OH)–C–C–N with tert-alkyl or cyclic N) is 1. The molecule has 3 heteroatoms. The van der Waals surface area contributed by atoms with Crippen molar-refractivity contribution in [2.24, 2.45) is 0 Å². The van der Waals surface area contributed by atoms with Crippen molar-refractivity contribution in [3.8, 4) is 0 Å². The molecule has 1 aromatic carbocycles. The van der Waals surface area contributed by atoms with Crippen LogP contribution >= 0.6 is 0 Å². The molecule has 1 aliphatic rings. The molecular weight excluding hydrogens is 248 g/mol. The number of piperazine rings is 1. The molecular formula is C17H28N2O. The van der Waals surface area contributed by atoms with Crippen molar-refractivity contribution >= 4 is 0 Å². The molecule has 20 heavy (non-hydrogen) atoms. The van der Waals surface area contributed by atoms with Gasteiger partial charge in [-0.05, 0) is 40.3 Å². The van der Waals surface area contributed by atoms with Crippen LogP contribution in [0.1, 0.15) is 36.6 Å². The molecule has 1 N–H and O–H groups in total. The molecule has 3 unspecified atom stereocenters. The van der Waals surface area contributed by atoms with Gasteiger partial charge in [-0.25, -0.2) is 0 Å². The van der Waals surface area contributed by atoms with Crippen molar-refractivity contribution in [3.63, 3.8) is 0 Å². The molecule has 1 aliphatic heterocycles. The number of likely N-dealkylation sites (N-methyl/N-ethyl adjacent to an activating group) is 1. The Balaban J connectivity index is 2.02. The Morgan fingerprint density at radius 2 is 1.60 bits per heavy atom. The van der Waals surface area contributed by atoms with Gasteiger partial charge in [-0.3, -0.25) is 9.80 Å². The topological polar surface area (TPSA) is 26.7 Å². The van der Waals surface area contributed by atoms with E-state index in [-0.39, 0.29) is 0 Å². The minimum absolute atomic E-state index is 0.392. The molecule has 2 rings (SSSR count). The van der Waals surface area contributed by atoms with Gasteiger partial charge < -0.3 is 5.11 Å². The first-order chi connectivity index (χ1) is 9.36. The number of aliphatic hydroxyl groups excluding tert-OH is 1. The maximum Gasteiger partial charge on any atom is 0.0917 e. The standard InChI is InChI=1S/C17H28N2O/c1-12-6-13(2)8-16(7-12)17(20)11-19-9-14(3)18(5)15(4)10-19/h6-8,14-15,17,20H,9-11H2,1-5H3. The monoisotopic (exact) mass is 276 g/mol. The molecule has 0 aromatic heterocycles. The van der Waals surface area contributed by atoms with Crippen molar-refractivity contribution in [3.05, 3.63) is 34.9 Å². The molecule has 0 radical (unpaired) electrons. The first-order valence-electron chi connectivity index (χ1n) is 7.57. The molecule has 1 aromatic rings. The van der Waals surface area contributed by atoms with Gasteiger partial charge in [0.05, 0.1) is 6.10 Å². The fourth-order valence-electron chi connectivity index (χ4n) is 3.22. The molecule has 112 valence electrons. The van der Waals surface area contributed by atoms with E-state index in [9.17, 15) is 5.11 Å². The Kier molecular flexibility index (Phi) is 4.84. The van der Waals surface area contributed by atoms with Crippen LogP contribution in [0.25, 0.3) is 0 Å². The molecule has 3 atom stereocenters. The SMILES string of the molecule is Cc1cc(C)cc(C(O)CN2CC(C)N(C)C(C)C2)c1. The van der Waals surface area contributed by atoms with Crippen LogP contribution in [0.5, 0.6) is 0 Å².